The normalized spacial score (nSPS) is 10.4. The molecule has 2 rings (SSSR count). The molecule has 18 heavy (non-hydrogen) atoms. The number of nitrogen functional groups attached to an aromatic ring is 1. The Balaban J connectivity index is 2.36. The molecule has 1 aromatic carbocycles. The van der Waals surface area contributed by atoms with Crippen molar-refractivity contribution >= 4 is 21.7 Å². The van der Waals surface area contributed by atoms with Gasteiger partial charge >= 0.3 is 0 Å². The molecule has 4 nitrogen and oxygen atoms in total. The Labute approximate surface area is 114 Å². The zero-order valence-electron chi connectivity index (χ0n) is 10.3. The lowest BCUT2D eigenvalue weighted by Crippen LogP contribution is -2.00. The molecule has 0 aliphatic heterocycles. The van der Waals surface area contributed by atoms with Crippen molar-refractivity contribution in [1.82, 2.24) is 9.97 Å². The Morgan fingerprint density at radius 3 is 2.44 bits per heavy atom. The monoisotopic (exact) mass is 307 g/mol. The van der Waals surface area contributed by atoms with E-state index in [0.717, 1.165) is 21.5 Å². The first-order valence-corrected chi connectivity index (χ1v) is 6.44. The van der Waals surface area contributed by atoms with Crippen molar-refractivity contribution in [2.24, 2.45) is 0 Å². The number of anilines is 1. The lowest BCUT2D eigenvalue weighted by molar-refractivity contribution is 0.340. The second kappa shape index (κ2) is 5.35. The molecule has 5 heteroatoms. The lowest BCUT2D eigenvalue weighted by Gasteiger charge is -2.07. The highest BCUT2D eigenvalue weighted by Crippen LogP contribution is 2.25. The van der Waals surface area contributed by atoms with Crippen LogP contribution in [-0.4, -0.2) is 16.6 Å². The highest BCUT2D eigenvalue weighted by Gasteiger charge is 2.08. The van der Waals surface area contributed by atoms with E-state index in [1.165, 1.54) is 0 Å². The average molecular weight is 308 g/mol. The number of nitrogens with two attached hydrogens (primary N) is 1. The molecule has 0 atom stereocenters. The Kier molecular flexibility index (Phi) is 3.81. The quantitative estimate of drug-likeness (QED) is 0.946. The Morgan fingerprint density at radius 2 is 1.89 bits per heavy atom. The highest BCUT2D eigenvalue weighted by molar-refractivity contribution is 9.10. The van der Waals surface area contributed by atoms with E-state index >= 15 is 0 Å². The van der Waals surface area contributed by atoms with Crippen LogP contribution in [0.5, 0.6) is 5.75 Å². The van der Waals surface area contributed by atoms with Crippen LogP contribution in [0, 0.1) is 6.92 Å². The molecule has 0 aliphatic carbocycles. The Hall–Kier alpha value is -1.62. The minimum absolute atomic E-state index is 0.450. The van der Waals surface area contributed by atoms with Gasteiger partial charge in [0.2, 0.25) is 0 Å². The molecule has 2 aromatic rings. The summed E-state index contributed by atoms with van der Waals surface area (Å²) in [5.41, 5.74) is 7.56. The molecule has 0 amide bonds. The molecule has 0 saturated carbocycles. The molecule has 0 saturated heterocycles. The molecular weight excluding hydrogens is 294 g/mol. The van der Waals surface area contributed by atoms with Gasteiger partial charge in [-0.3, -0.25) is 0 Å². The van der Waals surface area contributed by atoms with Crippen LogP contribution in [0.25, 0.3) is 11.4 Å². The fourth-order valence-electron chi connectivity index (χ4n) is 1.58. The largest absolute Gasteiger partial charge is 0.494 e. The van der Waals surface area contributed by atoms with Gasteiger partial charge in [0.25, 0.3) is 0 Å². The Morgan fingerprint density at radius 1 is 1.22 bits per heavy atom. The number of rotatable bonds is 3. The van der Waals surface area contributed by atoms with Crippen LogP contribution in [0.2, 0.25) is 0 Å². The second-order valence-electron chi connectivity index (χ2n) is 3.79. The van der Waals surface area contributed by atoms with E-state index in [-0.39, 0.29) is 0 Å². The van der Waals surface area contributed by atoms with E-state index in [0.29, 0.717) is 18.2 Å². The first-order chi connectivity index (χ1) is 8.61. The summed E-state index contributed by atoms with van der Waals surface area (Å²) in [5, 5.41) is 0. The summed E-state index contributed by atoms with van der Waals surface area (Å²) in [6, 6.07) is 7.64. The van der Waals surface area contributed by atoms with Gasteiger partial charge in [-0.05, 0) is 54.0 Å². The van der Waals surface area contributed by atoms with Crippen molar-refractivity contribution in [2.45, 2.75) is 13.8 Å². The van der Waals surface area contributed by atoms with Gasteiger partial charge in [0.05, 0.1) is 16.8 Å². The first kappa shape index (κ1) is 12.8. The van der Waals surface area contributed by atoms with Gasteiger partial charge in [0.15, 0.2) is 5.82 Å². The van der Waals surface area contributed by atoms with Gasteiger partial charge in [-0.1, -0.05) is 0 Å². The van der Waals surface area contributed by atoms with Crippen LogP contribution in [0.1, 0.15) is 12.6 Å². The van der Waals surface area contributed by atoms with E-state index in [2.05, 4.69) is 25.9 Å². The summed E-state index contributed by atoms with van der Waals surface area (Å²) in [4.78, 5) is 8.66. The maximum absolute atomic E-state index is 5.81. The third kappa shape index (κ3) is 2.61. The fourth-order valence-corrected chi connectivity index (χ4v) is 1.75. The SMILES string of the molecule is CCOc1ccc(-c2nc(C)c(Br)c(N)n2)cc1. The maximum Gasteiger partial charge on any atom is 0.161 e. The third-order valence-corrected chi connectivity index (χ3v) is 3.45. The van der Waals surface area contributed by atoms with Crippen molar-refractivity contribution in [3.63, 3.8) is 0 Å². The first-order valence-electron chi connectivity index (χ1n) is 5.64. The Bertz CT molecular complexity index is 532. The minimum atomic E-state index is 0.450. The minimum Gasteiger partial charge on any atom is -0.494 e. The zero-order valence-corrected chi connectivity index (χ0v) is 11.9. The molecule has 0 radical (unpaired) electrons. The van der Waals surface area contributed by atoms with Crippen molar-refractivity contribution in [3.8, 4) is 17.1 Å². The zero-order chi connectivity index (χ0) is 13.1. The van der Waals surface area contributed by atoms with Gasteiger partial charge in [-0.25, -0.2) is 9.97 Å². The number of hydrogen-bond donors (Lipinski definition) is 1. The summed E-state index contributed by atoms with van der Waals surface area (Å²) in [7, 11) is 0. The summed E-state index contributed by atoms with van der Waals surface area (Å²) in [5.74, 6) is 1.91. The van der Waals surface area contributed by atoms with Crippen molar-refractivity contribution < 1.29 is 4.74 Å². The van der Waals surface area contributed by atoms with Gasteiger partial charge < -0.3 is 10.5 Å². The summed E-state index contributed by atoms with van der Waals surface area (Å²) < 4.78 is 6.14. The third-order valence-electron chi connectivity index (χ3n) is 2.47. The highest BCUT2D eigenvalue weighted by atomic mass is 79.9. The van der Waals surface area contributed by atoms with E-state index in [4.69, 9.17) is 10.5 Å². The van der Waals surface area contributed by atoms with Crippen LogP contribution >= 0.6 is 15.9 Å². The van der Waals surface area contributed by atoms with Crippen LogP contribution < -0.4 is 10.5 Å². The van der Waals surface area contributed by atoms with Crippen LogP contribution in [-0.2, 0) is 0 Å². The van der Waals surface area contributed by atoms with Crippen LogP contribution in [0.3, 0.4) is 0 Å². The second-order valence-corrected chi connectivity index (χ2v) is 4.58. The molecular formula is C13H14BrN3O. The topological polar surface area (TPSA) is 61.0 Å². The summed E-state index contributed by atoms with van der Waals surface area (Å²) in [6.45, 7) is 4.50. The summed E-state index contributed by atoms with van der Waals surface area (Å²) >= 11 is 3.35. The summed E-state index contributed by atoms with van der Waals surface area (Å²) in [6.07, 6.45) is 0. The molecule has 0 unspecified atom stereocenters. The molecule has 2 N–H and O–H groups in total. The molecule has 0 spiro atoms. The van der Waals surface area contributed by atoms with Gasteiger partial charge in [-0.2, -0.15) is 0 Å². The molecule has 0 bridgehead atoms. The number of nitrogens with zero attached hydrogens (tertiary/aromatic N) is 2. The van der Waals surface area contributed by atoms with E-state index in [1.807, 2.05) is 38.1 Å². The standard InChI is InChI=1S/C13H14BrN3O/c1-3-18-10-6-4-9(5-7-10)13-16-8(2)11(14)12(15)17-13/h4-7H,3H2,1-2H3,(H2,15,16,17). The van der Waals surface area contributed by atoms with E-state index < -0.39 is 0 Å². The van der Waals surface area contributed by atoms with Crippen LogP contribution in [0.4, 0.5) is 5.82 Å². The van der Waals surface area contributed by atoms with Gasteiger partial charge in [0, 0.05) is 5.56 Å². The predicted molar refractivity (Wildman–Crippen MR) is 75.5 cm³/mol. The van der Waals surface area contributed by atoms with Crippen molar-refractivity contribution in [2.75, 3.05) is 12.3 Å². The van der Waals surface area contributed by atoms with Crippen LogP contribution in [0.15, 0.2) is 28.7 Å². The average Bonchev–Trinajstić information content (AvgIpc) is 2.37. The van der Waals surface area contributed by atoms with E-state index in [1.54, 1.807) is 0 Å². The number of hydrogen-bond acceptors (Lipinski definition) is 4. The molecule has 0 fully saturated rings. The van der Waals surface area contributed by atoms with E-state index in [9.17, 15) is 0 Å². The number of aromatic nitrogens is 2. The van der Waals surface area contributed by atoms with Gasteiger partial charge in [-0.15, -0.1) is 0 Å². The molecule has 0 aliphatic rings. The smallest absolute Gasteiger partial charge is 0.161 e. The predicted octanol–water partition coefficient (Wildman–Crippen LogP) is 3.20. The van der Waals surface area contributed by atoms with Crippen molar-refractivity contribution in [1.29, 1.82) is 0 Å². The molecule has 1 heterocycles. The van der Waals surface area contributed by atoms with Crippen molar-refractivity contribution in [3.05, 3.63) is 34.4 Å². The van der Waals surface area contributed by atoms with Gasteiger partial charge in [0.1, 0.15) is 11.6 Å². The fraction of sp³-hybridized carbons (Fsp3) is 0.231. The molecule has 94 valence electrons. The lowest BCUT2D eigenvalue weighted by atomic mass is 10.2. The number of ether oxygens (including phenoxy) is 1. The number of aryl methyl sites for hydroxylation is 1. The number of halogens is 1. The number of benzene rings is 1. The maximum atomic E-state index is 5.81. The molecule has 1 aromatic heterocycles.